The summed E-state index contributed by atoms with van der Waals surface area (Å²) in [5, 5.41) is 16.4. The molecule has 11 nitrogen and oxygen atoms in total. The molecule has 0 spiro atoms. The lowest BCUT2D eigenvalue weighted by Gasteiger charge is -2.19. The normalized spacial score (nSPS) is 11.7. The Hall–Kier alpha value is -4.40. The summed E-state index contributed by atoms with van der Waals surface area (Å²) >= 11 is 4.62. The quantitative estimate of drug-likeness (QED) is 0.114. The fraction of sp³-hybridized carbons (Fsp3) is 0.0385. The summed E-state index contributed by atoms with van der Waals surface area (Å²) in [5.74, 6) is -1.02. The molecule has 14 heteroatoms. The summed E-state index contributed by atoms with van der Waals surface area (Å²) in [6.07, 6.45) is 1.17. The number of halogens is 1. The smallest absolute Gasteiger partial charge is 0.400 e. The van der Waals surface area contributed by atoms with E-state index < -0.39 is 26.7 Å². The molecule has 0 N–H and O–H groups in total. The molecule has 0 atom stereocenters. The van der Waals surface area contributed by atoms with Crippen LogP contribution in [-0.2, 0) is 10.0 Å². The molecule has 5 aromatic rings. The average Bonchev–Trinajstić information content (AvgIpc) is 3.60. The Balaban J connectivity index is 1.48. The van der Waals surface area contributed by atoms with E-state index in [0.717, 1.165) is 18.5 Å². The number of hydrazone groups is 1. The molecule has 0 fully saturated rings. The van der Waals surface area contributed by atoms with Gasteiger partial charge in [0.15, 0.2) is 5.76 Å². The third-order valence-corrected chi connectivity index (χ3v) is 8.97. The van der Waals surface area contributed by atoms with Gasteiger partial charge in [-0.1, -0.05) is 45.5 Å². The van der Waals surface area contributed by atoms with E-state index in [9.17, 15) is 23.3 Å². The highest BCUT2D eigenvalue weighted by Gasteiger charge is 2.25. The van der Waals surface area contributed by atoms with E-state index in [1.165, 1.54) is 61.0 Å². The van der Waals surface area contributed by atoms with E-state index in [4.69, 9.17) is 4.42 Å². The number of hydrogen-bond acceptors (Lipinski definition) is 9. The Labute approximate surface area is 240 Å². The highest BCUT2D eigenvalue weighted by Crippen LogP contribution is 2.32. The number of amides is 1. The lowest BCUT2D eigenvalue weighted by Crippen LogP contribution is -2.27. The summed E-state index contributed by atoms with van der Waals surface area (Å²) < 4.78 is 34.2. The minimum absolute atomic E-state index is 0.00168. The van der Waals surface area contributed by atoms with Gasteiger partial charge in [0.1, 0.15) is 4.92 Å². The molecule has 0 aliphatic heterocycles. The number of rotatable bonds is 8. The maximum atomic E-state index is 13.6. The average molecular weight is 640 g/mol. The van der Waals surface area contributed by atoms with Crippen molar-refractivity contribution in [3.8, 4) is 0 Å². The van der Waals surface area contributed by atoms with Crippen LogP contribution in [0.5, 0.6) is 0 Å². The van der Waals surface area contributed by atoms with Crippen LogP contribution in [-0.4, -0.2) is 37.5 Å². The van der Waals surface area contributed by atoms with Gasteiger partial charge < -0.3 is 4.42 Å². The number of nitro groups is 1. The number of sulfonamides is 1. The van der Waals surface area contributed by atoms with Gasteiger partial charge >= 0.3 is 5.88 Å². The van der Waals surface area contributed by atoms with Crippen molar-refractivity contribution in [3.05, 3.63) is 111 Å². The fourth-order valence-corrected chi connectivity index (χ4v) is 6.29. The molecular formula is C26H18BrN5O6S2. The molecular weight excluding hydrogens is 622 g/mol. The molecule has 0 saturated carbocycles. The molecule has 2 aromatic heterocycles. The maximum absolute atomic E-state index is 13.6. The van der Waals surface area contributed by atoms with Gasteiger partial charge in [-0.2, -0.15) is 10.1 Å². The van der Waals surface area contributed by atoms with Gasteiger partial charge in [0.25, 0.3) is 15.9 Å². The van der Waals surface area contributed by atoms with Crippen molar-refractivity contribution in [2.75, 3.05) is 16.4 Å². The zero-order valence-electron chi connectivity index (χ0n) is 20.5. The Kier molecular flexibility index (Phi) is 7.47. The Morgan fingerprint density at radius 1 is 1.07 bits per heavy atom. The molecule has 202 valence electrons. The topological polar surface area (TPSA) is 139 Å². The van der Waals surface area contributed by atoms with Crippen molar-refractivity contribution in [3.63, 3.8) is 0 Å². The SMILES string of the molecule is CN(c1ccccc1)S(=O)(=O)c1ccc(C(=O)N(/N=C/c2ccc([N+](=O)[O-])o2)c2nc3ccc(Br)cc3s2)cc1. The first-order chi connectivity index (χ1) is 19.1. The number of thiazole rings is 1. The maximum Gasteiger partial charge on any atom is 0.433 e. The number of aromatic nitrogens is 1. The van der Waals surface area contributed by atoms with Gasteiger partial charge in [-0.3, -0.25) is 19.2 Å². The Morgan fingerprint density at radius 2 is 1.80 bits per heavy atom. The van der Waals surface area contributed by atoms with Gasteiger partial charge in [-0.15, -0.1) is 0 Å². The monoisotopic (exact) mass is 639 g/mol. The third-order valence-electron chi connectivity index (χ3n) is 5.69. The number of hydrogen-bond donors (Lipinski definition) is 0. The van der Waals surface area contributed by atoms with Crippen molar-refractivity contribution >= 4 is 76.3 Å². The van der Waals surface area contributed by atoms with E-state index in [0.29, 0.717) is 11.2 Å². The van der Waals surface area contributed by atoms with Crippen LogP contribution in [0, 0.1) is 10.1 Å². The Morgan fingerprint density at radius 3 is 2.48 bits per heavy atom. The standard InChI is InChI=1S/C26H18BrN5O6S2/c1-30(19-5-3-2-4-6-19)40(36,37)21-11-7-17(8-12-21)25(33)31(28-16-20-10-14-24(38-20)32(34)35)26-29-22-13-9-18(27)15-23(22)39-26/h2-16H,1H3/b28-16+. The summed E-state index contributed by atoms with van der Waals surface area (Å²) in [6, 6.07) is 22.0. The van der Waals surface area contributed by atoms with Crippen LogP contribution in [0.4, 0.5) is 16.7 Å². The van der Waals surface area contributed by atoms with Crippen LogP contribution < -0.4 is 9.31 Å². The van der Waals surface area contributed by atoms with Crippen LogP contribution in [0.15, 0.2) is 104 Å². The third kappa shape index (κ3) is 5.50. The van der Waals surface area contributed by atoms with Crippen molar-refractivity contribution in [2.45, 2.75) is 4.90 Å². The van der Waals surface area contributed by atoms with Gasteiger partial charge in [0, 0.05) is 17.1 Å². The van der Waals surface area contributed by atoms with Crippen molar-refractivity contribution in [1.29, 1.82) is 0 Å². The van der Waals surface area contributed by atoms with Crippen LogP contribution in [0.2, 0.25) is 0 Å². The molecule has 0 saturated heterocycles. The van der Waals surface area contributed by atoms with Crippen molar-refractivity contribution in [1.82, 2.24) is 4.98 Å². The summed E-state index contributed by atoms with van der Waals surface area (Å²) in [7, 11) is -2.43. The summed E-state index contributed by atoms with van der Waals surface area (Å²) in [6.45, 7) is 0. The lowest BCUT2D eigenvalue weighted by molar-refractivity contribution is -0.402. The summed E-state index contributed by atoms with van der Waals surface area (Å²) in [5.41, 5.74) is 1.27. The van der Waals surface area contributed by atoms with E-state index in [1.807, 2.05) is 12.1 Å². The Bertz CT molecular complexity index is 1850. The first-order valence-corrected chi connectivity index (χ1v) is 14.5. The molecule has 3 aromatic carbocycles. The highest BCUT2D eigenvalue weighted by molar-refractivity contribution is 9.10. The second-order valence-electron chi connectivity index (χ2n) is 8.24. The first kappa shape index (κ1) is 27.2. The molecule has 2 heterocycles. The van der Waals surface area contributed by atoms with Gasteiger partial charge in [-0.25, -0.2) is 13.4 Å². The number of anilines is 2. The number of carbonyl (C=O) groups is 1. The first-order valence-electron chi connectivity index (χ1n) is 11.5. The number of furan rings is 1. The predicted octanol–water partition coefficient (Wildman–Crippen LogP) is 6.07. The van der Waals surface area contributed by atoms with Crippen molar-refractivity contribution in [2.24, 2.45) is 5.10 Å². The molecule has 1 amide bonds. The molecule has 5 rings (SSSR count). The van der Waals surface area contributed by atoms with Crippen LogP contribution in [0.25, 0.3) is 10.2 Å². The van der Waals surface area contributed by atoms with Gasteiger partial charge in [0.05, 0.1) is 33.1 Å². The van der Waals surface area contributed by atoms with E-state index >= 15 is 0 Å². The molecule has 0 aliphatic carbocycles. The van der Waals surface area contributed by atoms with Gasteiger partial charge in [-0.05, 0) is 60.7 Å². The molecule has 0 radical (unpaired) electrons. The minimum Gasteiger partial charge on any atom is -0.400 e. The number of fused-ring (bicyclic) bond motifs is 1. The number of carbonyl (C=O) groups excluding carboxylic acids is 1. The largest absolute Gasteiger partial charge is 0.433 e. The number of nitrogens with zero attached hydrogens (tertiary/aromatic N) is 5. The molecule has 40 heavy (non-hydrogen) atoms. The van der Waals surface area contributed by atoms with Crippen LogP contribution in [0.1, 0.15) is 16.1 Å². The zero-order valence-corrected chi connectivity index (χ0v) is 23.8. The van der Waals surface area contributed by atoms with E-state index in [-0.39, 0.29) is 21.4 Å². The minimum atomic E-state index is -3.88. The fourth-order valence-electron chi connectivity index (χ4n) is 3.62. The second kappa shape index (κ2) is 11.0. The molecule has 0 bridgehead atoms. The zero-order chi connectivity index (χ0) is 28.4. The van der Waals surface area contributed by atoms with Crippen molar-refractivity contribution < 1.29 is 22.6 Å². The highest BCUT2D eigenvalue weighted by atomic mass is 79.9. The van der Waals surface area contributed by atoms with E-state index in [2.05, 4.69) is 26.0 Å². The number of para-hydroxylation sites is 1. The van der Waals surface area contributed by atoms with Crippen LogP contribution >= 0.6 is 27.3 Å². The molecule has 0 unspecified atom stereocenters. The number of benzene rings is 3. The molecule has 0 aliphatic rings. The summed E-state index contributed by atoms with van der Waals surface area (Å²) in [4.78, 5) is 28.4. The van der Waals surface area contributed by atoms with Crippen LogP contribution in [0.3, 0.4) is 0 Å². The predicted molar refractivity (Wildman–Crippen MR) is 156 cm³/mol. The van der Waals surface area contributed by atoms with Gasteiger partial charge in [0.2, 0.25) is 5.13 Å². The second-order valence-corrected chi connectivity index (χ2v) is 12.1. The van der Waals surface area contributed by atoms with E-state index in [1.54, 1.807) is 36.4 Å². The lowest BCUT2D eigenvalue weighted by atomic mass is 10.2.